The summed E-state index contributed by atoms with van der Waals surface area (Å²) in [5, 5.41) is 2.48. The minimum absolute atomic E-state index is 0.0279. The van der Waals surface area contributed by atoms with Crippen LogP contribution in [0.1, 0.15) is 50.5 Å². The molecule has 1 heterocycles. The summed E-state index contributed by atoms with van der Waals surface area (Å²) in [6.07, 6.45) is 0. The predicted octanol–water partition coefficient (Wildman–Crippen LogP) is 1.08. The van der Waals surface area contributed by atoms with Crippen LogP contribution in [0.5, 0.6) is 0 Å². The molecule has 140 valence electrons. The second kappa shape index (κ2) is 6.78. The number of imide groups is 1. The molecule has 0 atom stereocenters. The highest BCUT2D eigenvalue weighted by Crippen LogP contribution is 2.22. The SMILES string of the molecule is CC1(C)NC(=O)N(CC(=O)NNC(=O)c2ccc(C(C)(C)C)cc2)C1=O. The summed E-state index contributed by atoms with van der Waals surface area (Å²) in [6, 6.07) is 6.40. The molecule has 0 aliphatic carbocycles. The van der Waals surface area contributed by atoms with Gasteiger partial charge in [0.05, 0.1) is 0 Å². The Balaban J connectivity index is 1.90. The molecule has 26 heavy (non-hydrogen) atoms. The van der Waals surface area contributed by atoms with Crippen LogP contribution >= 0.6 is 0 Å². The molecule has 0 unspecified atom stereocenters. The normalized spacial score (nSPS) is 16.3. The van der Waals surface area contributed by atoms with E-state index in [1.807, 2.05) is 12.1 Å². The summed E-state index contributed by atoms with van der Waals surface area (Å²) in [4.78, 5) is 48.6. The summed E-state index contributed by atoms with van der Waals surface area (Å²) in [6.45, 7) is 8.83. The van der Waals surface area contributed by atoms with Gasteiger partial charge in [-0.3, -0.25) is 30.1 Å². The predicted molar refractivity (Wildman–Crippen MR) is 95.1 cm³/mol. The first-order valence-electron chi connectivity index (χ1n) is 8.25. The van der Waals surface area contributed by atoms with Crippen molar-refractivity contribution < 1.29 is 19.2 Å². The van der Waals surface area contributed by atoms with Crippen molar-refractivity contribution in [2.75, 3.05) is 6.54 Å². The fraction of sp³-hybridized carbons (Fsp3) is 0.444. The number of nitrogens with zero attached hydrogens (tertiary/aromatic N) is 1. The second-order valence-corrected chi connectivity index (χ2v) is 7.78. The van der Waals surface area contributed by atoms with Crippen molar-refractivity contribution in [3.05, 3.63) is 35.4 Å². The molecule has 0 bridgehead atoms. The van der Waals surface area contributed by atoms with E-state index in [1.165, 1.54) is 0 Å². The van der Waals surface area contributed by atoms with Crippen LogP contribution in [0.25, 0.3) is 0 Å². The van der Waals surface area contributed by atoms with E-state index in [1.54, 1.807) is 26.0 Å². The Labute approximate surface area is 152 Å². The molecule has 1 aliphatic heterocycles. The molecule has 2 rings (SSSR count). The van der Waals surface area contributed by atoms with Gasteiger partial charge in [-0.25, -0.2) is 4.79 Å². The molecule has 5 amide bonds. The van der Waals surface area contributed by atoms with Gasteiger partial charge in [0.25, 0.3) is 17.7 Å². The van der Waals surface area contributed by atoms with E-state index in [4.69, 9.17) is 0 Å². The first-order valence-corrected chi connectivity index (χ1v) is 8.25. The van der Waals surface area contributed by atoms with E-state index >= 15 is 0 Å². The number of rotatable bonds is 3. The number of carbonyl (C=O) groups excluding carboxylic acids is 4. The lowest BCUT2D eigenvalue weighted by atomic mass is 9.87. The van der Waals surface area contributed by atoms with E-state index < -0.39 is 35.8 Å². The maximum Gasteiger partial charge on any atom is 0.325 e. The average Bonchev–Trinajstić information content (AvgIpc) is 2.73. The molecule has 1 aliphatic rings. The molecule has 0 saturated carbocycles. The van der Waals surface area contributed by atoms with Crippen molar-refractivity contribution in [3.8, 4) is 0 Å². The highest BCUT2D eigenvalue weighted by molar-refractivity contribution is 6.08. The van der Waals surface area contributed by atoms with Gasteiger partial charge in [-0.05, 0) is 37.0 Å². The van der Waals surface area contributed by atoms with Crippen molar-refractivity contribution in [1.29, 1.82) is 0 Å². The first-order chi connectivity index (χ1) is 11.9. The van der Waals surface area contributed by atoms with Gasteiger partial charge in [-0.2, -0.15) is 0 Å². The zero-order chi connectivity index (χ0) is 19.7. The van der Waals surface area contributed by atoms with Crippen molar-refractivity contribution >= 4 is 23.8 Å². The number of urea groups is 1. The average molecular weight is 360 g/mol. The number of nitrogens with one attached hydrogen (secondary N) is 3. The summed E-state index contributed by atoms with van der Waals surface area (Å²) >= 11 is 0. The Bertz CT molecular complexity index is 747. The van der Waals surface area contributed by atoms with Crippen LogP contribution in [-0.4, -0.2) is 40.7 Å². The lowest BCUT2D eigenvalue weighted by molar-refractivity contribution is -0.134. The van der Waals surface area contributed by atoms with E-state index in [0.29, 0.717) is 5.56 Å². The van der Waals surface area contributed by atoms with Crippen molar-refractivity contribution in [2.45, 2.75) is 45.6 Å². The molecule has 1 aromatic carbocycles. The zero-order valence-corrected chi connectivity index (χ0v) is 15.6. The molecule has 3 N–H and O–H groups in total. The lowest BCUT2D eigenvalue weighted by Crippen LogP contribution is -2.48. The number of hydrazine groups is 1. The maximum atomic E-state index is 12.1. The first kappa shape index (κ1) is 19.4. The molecule has 1 fully saturated rings. The Morgan fingerprint density at radius 1 is 1.08 bits per heavy atom. The van der Waals surface area contributed by atoms with E-state index in [2.05, 4.69) is 36.9 Å². The van der Waals surface area contributed by atoms with Gasteiger partial charge in [0.2, 0.25) is 0 Å². The Kier molecular flexibility index (Phi) is 5.06. The highest BCUT2D eigenvalue weighted by atomic mass is 16.2. The molecule has 8 heteroatoms. The molecular formula is C18H24N4O4. The van der Waals surface area contributed by atoms with Gasteiger partial charge in [0, 0.05) is 5.56 Å². The van der Waals surface area contributed by atoms with Gasteiger partial charge in [0.1, 0.15) is 12.1 Å². The zero-order valence-electron chi connectivity index (χ0n) is 15.6. The number of benzene rings is 1. The van der Waals surface area contributed by atoms with Gasteiger partial charge in [-0.1, -0.05) is 32.9 Å². The Morgan fingerprint density at radius 2 is 1.65 bits per heavy atom. The number of hydrogen-bond donors (Lipinski definition) is 3. The third kappa shape index (κ3) is 4.19. The molecule has 1 saturated heterocycles. The largest absolute Gasteiger partial charge is 0.325 e. The summed E-state index contributed by atoms with van der Waals surface area (Å²) in [5.74, 6) is -1.66. The van der Waals surface area contributed by atoms with E-state index in [0.717, 1.165) is 10.5 Å². The molecule has 8 nitrogen and oxygen atoms in total. The van der Waals surface area contributed by atoms with Crippen LogP contribution in [0.3, 0.4) is 0 Å². The number of amides is 5. The van der Waals surface area contributed by atoms with Gasteiger partial charge >= 0.3 is 6.03 Å². The van der Waals surface area contributed by atoms with Crippen LogP contribution in [-0.2, 0) is 15.0 Å². The monoisotopic (exact) mass is 360 g/mol. The van der Waals surface area contributed by atoms with Crippen LogP contribution in [0.2, 0.25) is 0 Å². The van der Waals surface area contributed by atoms with Crippen LogP contribution in [0, 0.1) is 0 Å². The number of hydrogen-bond acceptors (Lipinski definition) is 4. The molecular weight excluding hydrogens is 336 g/mol. The summed E-state index contributed by atoms with van der Waals surface area (Å²) < 4.78 is 0. The van der Waals surface area contributed by atoms with Gasteiger partial charge in [-0.15, -0.1) is 0 Å². The quantitative estimate of drug-likeness (QED) is 0.554. The van der Waals surface area contributed by atoms with Crippen molar-refractivity contribution in [3.63, 3.8) is 0 Å². The summed E-state index contributed by atoms with van der Waals surface area (Å²) in [7, 11) is 0. The number of carbonyl (C=O) groups is 4. The Morgan fingerprint density at radius 3 is 2.12 bits per heavy atom. The third-order valence-corrected chi connectivity index (χ3v) is 4.07. The minimum atomic E-state index is -1.05. The van der Waals surface area contributed by atoms with E-state index in [-0.39, 0.29) is 5.41 Å². The summed E-state index contributed by atoms with van der Waals surface area (Å²) in [5.41, 5.74) is 4.87. The van der Waals surface area contributed by atoms with Gasteiger partial charge in [0.15, 0.2) is 0 Å². The fourth-order valence-electron chi connectivity index (χ4n) is 2.46. The van der Waals surface area contributed by atoms with Gasteiger partial charge < -0.3 is 5.32 Å². The maximum absolute atomic E-state index is 12.1. The topological polar surface area (TPSA) is 108 Å². The van der Waals surface area contributed by atoms with E-state index in [9.17, 15) is 19.2 Å². The fourth-order valence-corrected chi connectivity index (χ4v) is 2.46. The third-order valence-electron chi connectivity index (χ3n) is 4.07. The molecule has 0 radical (unpaired) electrons. The minimum Gasteiger partial charge on any atom is -0.324 e. The molecule has 0 aromatic heterocycles. The standard InChI is InChI=1S/C18H24N4O4/c1-17(2,3)12-8-6-11(7-9-12)14(24)21-20-13(23)10-22-15(25)18(4,5)19-16(22)26/h6-9H,10H2,1-5H3,(H,19,26)(H,20,23)(H,21,24). The molecule has 0 spiro atoms. The van der Waals surface area contributed by atoms with Crippen molar-refractivity contribution in [2.24, 2.45) is 0 Å². The Hall–Kier alpha value is -2.90. The highest BCUT2D eigenvalue weighted by Gasteiger charge is 2.44. The molecule has 1 aromatic rings. The smallest absolute Gasteiger partial charge is 0.324 e. The second-order valence-electron chi connectivity index (χ2n) is 7.78. The van der Waals surface area contributed by atoms with Crippen LogP contribution < -0.4 is 16.2 Å². The lowest BCUT2D eigenvalue weighted by Gasteiger charge is -2.19. The van der Waals surface area contributed by atoms with Crippen LogP contribution in [0.15, 0.2) is 24.3 Å². The van der Waals surface area contributed by atoms with Crippen molar-refractivity contribution in [1.82, 2.24) is 21.1 Å². The van der Waals surface area contributed by atoms with Crippen LogP contribution in [0.4, 0.5) is 4.79 Å².